The molecule has 0 saturated heterocycles. The number of aryl methyl sites for hydroxylation is 2. The Labute approximate surface area is 160 Å². The predicted molar refractivity (Wildman–Crippen MR) is 108 cm³/mol. The molecule has 7 nitrogen and oxygen atoms in total. The molecule has 3 rings (SSSR count). The summed E-state index contributed by atoms with van der Waals surface area (Å²) in [6, 6.07) is 5.88. The fraction of sp³-hybridized carbons (Fsp3) is 0.500. The van der Waals surface area contributed by atoms with Gasteiger partial charge in [0.1, 0.15) is 0 Å². The van der Waals surface area contributed by atoms with Gasteiger partial charge >= 0.3 is 0 Å². The van der Waals surface area contributed by atoms with Crippen molar-refractivity contribution in [2.75, 3.05) is 31.6 Å². The van der Waals surface area contributed by atoms with E-state index in [2.05, 4.69) is 29.6 Å². The van der Waals surface area contributed by atoms with Crippen LogP contribution in [0, 0.1) is 13.8 Å². The van der Waals surface area contributed by atoms with Gasteiger partial charge in [-0.1, -0.05) is 0 Å². The van der Waals surface area contributed by atoms with Crippen molar-refractivity contribution in [2.24, 2.45) is 12.0 Å². The van der Waals surface area contributed by atoms with Gasteiger partial charge in [-0.25, -0.2) is 0 Å². The lowest BCUT2D eigenvalue weighted by molar-refractivity contribution is 0.297. The number of guanidine groups is 1. The zero-order valence-electron chi connectivity index (χ0n) is 16.6. The van der Waals surface area contributed by atoms with E-state index in [0.29, 0.717) is 19.8 Å². The van der Waals surface area contributed by atoms with E-state index in [1.807, 2.05) is 36.9 Å². The van der Waals surface area contributed by atoms with Gasteiger partial charge in [0.25, 0.3) is 0 Å². The van der Waals surface area contributed by atoms with E-state index in [1.54, 1.807) is 0 Å². The first kappa shape index (κ1) is 19.1. The molecule has 0 spiro atoms. The number of aliphatic imine (C=N–C) groups is 1. The fourth-order valence-corrected chi connectivity index (χ4v) is 3.14. The SMILES string of the molecule is CCNC(=NCCc1c(C)nn(C)c1C)Nc1ccc2c(c1)OCCCO2. The highest BCUT2D eigenvalue weighted by Gasteiger charge is 2.12. The minimum atomic E-state index is 0.675. The van der Waals surface area contributed by atoms with Crippen LogP contribution in [0.25, 0.3) is 0 Å². The summed E-state index contributed by atoms with van der Waals surface area (Å²) in [6.07, 6.45) is 1.76. The number of fused-ring (bicyclic) bond motifs is 1. The average Bonchev–Trinajstić information content (AvgIpc) is 2.82. The molecule has 2 aromatic rings. The predicted octanol–water partition coefficient (Wildman–Crippen LogP) is 2.82. The van der Waals surface area contributed by atoms with Crippen LogP contribution in [0.3, 0.4) is 0 Å². The Hall–Kier alpha value is -2.70. The van der Waals surface area contributed by atoms with Crippen molar-refractivity contribution in [1.29, 1.82) is 0 Å². The van der Waals surface area contributed by atoms with Gasteiger partial charge in [0, 0.05) is 44.0 Å². The molecule has 0 amide bonds. The summed E-state index contributed by atoms with van der Waals surface area (Å²) in [4.78, 5) is 4.71. The van der Waals surface area contributed by atoms with Crippen LogP contribution in [0.2, 0.25) is 0 Å². The van der Waals surface area contributed by atoms with Gasteiger partial charge in [-0.15, -0.1) is 0 Å². The summed E-state index contributed by atoms with van der Waals surface area (Å²) in [5.74, 6) is 2.32. The van der Waals surface area contributed by atoms with Crippen LogP contribution in [0.15, 0.2) is 23.2 Å². The summed E-state index contributed by atoms with van der Waals surface area (Å²) >= 11 is 0. The molecular formula is C20H29N5O2. The minimum Gasteiger partial charge on any atom is -0.490 e. The van der Waals surface area contributed by atoms with E-state index in [-0.39, 0.29) is 0 Å². The first-order chi connectivity index (χ1) is 13.1. The van der Waals surface area contributed by atoms with Gasteiger partial charge < -0.3 is 20.1 Å². The Bertz CT molecular complexity index is 813. The zero-order valence-corrected chi connectivity index (χ0v) is 16.6. The summed E-state index contributed by atoms with van der Waals surface area (Å²) in [5, 5.41) is 11.1. The van der Waals surface area contributed by atoms with E-state index in [9.17, 15) is 0 Å². The number of hydrogen-bond donors (Lipinski definition) is 2. The number of rotatable bonds is 5. The van der Waals surface area contributed by atoms with Gasteiger partial charge in [0.05, 0.1) is 18.9 Å². The second-order valence-corrected chi connectivity index (χ2v) is 6.62. The maximum absolute atomic E-state index is 5.76. The summed E-state index contributed by atoms with van der Waals surface area (Å²) < 4.78 is 13.4. The molecule has 1 aliphatic heterocycles. The number of nitrogens with zero attached hydrogens (tertiary/aromatic N) is 3. The first-order valence-electron chi connectivity index (χ1n) is 9.52. The second-order valence-electron chi connectivity index (χ2n) is 6.62. The van der Waals surface area contributed by atoms with Crippen LogP contribution >= 0.6 is 0 Å². The standard InChI is InChI=1S/C20H29N5O2/c1-5-21-20(22-10-9-17-14(2)24-25(4)15(17)3)23-16-7-8-18-19(13-16)27-12-6-11-26-18/h7-8,13H,5-6,9-12H2,1-4H3,(H2,21,22,23). The molecule has 0 radical (unpaired) electrons. The Balaban J connectivity index is 1.68. The third kappa shape index (κ3) is 4.72. The molecule has 1 aliphatic rings. The van der Waals surface area contributed by atoms with Crippen molar-refractivity contribution >= 4 is 11.6 Å². The smallest absolute Gasteiger partial charge is 0.195 e. The maximum Gasteiger partial charge on any atom is 0.195 e. The fourth-order valence-electron chi connectivity index (χ4n) is 3.14. The zero-order chi connectivity index (χ0) is 19.2. The Morgan fingerprint density at radius 1 is 1.22 bits per heavy atom. The van der Waals surface area contributed by atoms with Crippen molar-refractivity contribution in [1.82, 2.24) is 15.1 Å². The average molecular weight is 371 g/mol. The topological polar surface area (TPSA) is 72.7 Å². The van der Waals surface area contributed by atoms with Gasteiger partial charge in [0.2, 0.25) is 0 Å². The number of aromatic nitrogens is 2. The van der Waals surface area contributed by atoms with Gasteiger partial charge in [-0.05, 0) is 44.9 Å². The quantitative estimate of drug-likeness (QED) is 0.625. The maximum atomic E-state index is 5.76. The Kier molecular flexibility index (Phi) is 6.21. The molecule has 1 aromatic heterocycles. The summed E-state index contributed by atoms with van der Waals surface area (Å²) in [7, 11) is 1.98. The minimum absolute atomic E-state index is 0.675. The third-order valence-electron chi connectivity index (χ3n) is 4.65. The molecule has 0 saturated carbocycles. The highest BCUT2D eigenvalue weighted by molar-refractivity contribution is 5.93. The van der Waals surface area contributed by atoms with E-state index >= 15 is 0 Å². The van der Waals surface area contributed by atoms with Crippen molar-refractivity contribution in [3.8, 4) is 11.5 Å². The van der Waals surface area contributed by atoms with Crippen molar-refractivity contribution in [2.45, 2.75) is 33.6 Å². The molecule has 0 fully saturated rings. The Morgan fingerprint density at radius 2 is 2.00 bits per heavy atom. The summed E-state index contributed by atoms with van der Waals surface area (Å²) in [6.45, 7) is 9.05. The monoisotopic (exact) mass is 371 g/mol. The van der Waals surface area contributed by atoms with E-state index < -0.39 is 0 Å². The van der Waals surface area contributed by atoms with Crippen molar-refractivity contribution in [3.63, 3.8) is 0 Å². The largest absolute Gasteiger partial charge is 0.490 e. The number of benzene rings is 1. The van der Waals surface area contributed by atoms with Crippen LogP contribution in [-0.4, -0.2) is 42.0 Å². The highest BCUT2D eigenvalue weighted by atomic mass is 16.5. The molecule has 2 N–H and O–H groups in total. The molecule has 27 heavy (non-hydrogen) atoms. The lowest BCUT2D eigenvalue weighted by atomic mass is 10.1. The van der Waals surface area contributed by atoms with Crippen LogP contribution in [0.1, 0.15) is 30.3 Å². The van der Waals surface area contributed by atoms with Crippen LogP contribution in [0.4, 0.5) is 5.69 Å². The highest BCUT2D eigenvalue weighted by Crippen LogP contribution is 2.32. The lowest BCUT2D eigenvalue weighted by Gasteiger charge is -2.13. The second kappa shape index (κ2) is 8.79. The number of nitrogens with one attached hydrogen (secondary N) is 2. The molecular weight excluding hydrogens is 342 g/mol. The normalized spacial score (nSPS) is 14.0. The molecule has 1 aromatic carbocycles. The van der Waals surface area contributed by atoms with Crippen molar-refractivity contribution < 1.29 is 9.47 Å². The van der Waals surface area contributed by atoms with Gasteiger partial charge in [0.15, 0.2) is 17.5 Å². The molecule has 0 unspecified atom stereocenters. The summed E-state index contributed by atoms with van der Waals surface area (Å²) in [5.41, 5.74) is 4.47. The Morgan fingerprint density at radius 3 is 2.70 bits per heavy atom. The van der Waals surface area contributed by atoms with E-state index in [0.717, 1.165) is 48.2 Å². The van der Waals surface area contributed by atoms with Gasteiger partial charge in [-0.2, -0.15) is 5.10 Å². The molecule has 0 atom stereocenters. The van der Waals surface area contributed by atoms with Crippen LogP contribution in [-0.2, 0) is 13.5 Å². The van der Waals surface area contributed by atoms with E-state index in [4.69, 9.17) is 14.5 Å². The molecule has 2 heterocycles. The number of ether oxygens (including phenoxy) is 2. The number of anilines is 1. The van der Waals surface area contributed by atoms with Crippen LogP contribution < -0.4 is 20.1 Å². The van der Waals surface area contributed by atoms with Crippen molar-refractivity contribution in [3.05, 3.63) is 35.2 Å². The molecule has 7 heteroatoms. The molecule has 0 aliphatic carbocycles. The lowest BCUT2D eigenvalue weighted by Crippen LogP contribution is -2.31. The van der Waals surface area contributed by atoms with Crippen LogP contribution in [0.5, 0.6) is 11.5 Å². The molecule has 146 valence electrons. The van der Waals surface area contributed by atoms with E-state index in [1.165, 1.54) is 11.3 Å². The number of hydrogen-bond acceptors (Lipinski definition) is 4. The molecule has 0 bridgehead atoms. The first-order valence-corrected chi connectivity index (χ1v) is 9.52. The third-order valence-corrected chi connectivity index (χ3v) is 4.65. The van der Waals surface area contributed by atoms with Gasteiger partial charge in [-0.3, -0.25) is 9.67 Å².